The van der Waals surface area contributed by atoms with Gasteiger partial charge in [0.25, 0.3) is 10.0 Å². The van der Waals surface area contributed by atoms with Gasteiger partial charge in [-0.05, 0) is 44.0 Å². The maximum Gasteiger partial charge on any atom is 0.285 e. The number of amides is 1. The Hall–Kier alpha value is -3.07. The molecule has 0 bridgehead atoms. The highest BCUT2D eigenvalue weighted by Gasteiger charge is 2.35. The summed E-state index contributed by atoms with van der Waals surface area (Å²) in [4.78, 5) is 19.5. The number of hydrogen-bond donors (Lipinski definition) is 0. The molecule has 0 unspecified atom stereocenters. The van der Waals surface area contributed by atoms with Crippen LogP contribution in [0.3, 0.4) is 0 Å². The van der Waals surface area contributed by atoms with E-state index in [4.69, 9.17) is 4.74 Å². The van der Waals surface area contributed by atoms with E-state index in [-0.39, 0.29) is 22.8 Å². The van der Waals surface area contributed by atoms with Crippen LogP contribution >= 0.6 is 0 Å². The maximum atomic E-state index is 13.2. The molecule has 1 saturated heterocycles. The van der Waals surface area contributed by atoms with Gasteiger partial charge in [0.15, 0.2) is 5.84 Å². The predicted molar refractivity (Wildman–Crippen MR) is 131 cm³/mol. The molecular formula is C25H30N4O4S. The number of piperidine rings is 1. The zero-order chi connectivity index (χ0) is 23.9. The number of carbonyl (C=O) groups is 1. The zero-order valence-electron chi connectivity index (χ0n) is 19.6. The van der Waals surface area contributed by atoms with Gasteiger partial charge in [0.2, 0.25) is 5.91 Å². The summed E-state index contributed by atoms with van der Waals surface area (Å²) in [6.45, 7) is 5.49. The van der Waals surface area contributed by atoms with Crippen molar-refractivity contribution in [2.45, 2.75) is 30.8 Å². The number of amidine groups is 1. The Labute approximate surface area is 200 Å². The molecule has 3 aliphatic rings. The number of nitrogens with zero attached hydrogens (tertiary/aromatic N) is 4. The smallest absolute Gasteiger partial charge is 0.285 e. The highest BCUT2D eigenvalue weighted by molar-refractivity contribution is 7.90. The summed E-state index contributed by atoms with van der Waals surface area (Å²) in [6.07, 6.45) is 1.25. The first-order valence-electron chi connectivity index (χ1n) is 11.8. The topological polar surface area (TPSA) is 82.5 Å². The first-order valence-corrected chi connectivity index (χ1v) is 13.3. The van der Waals surface area contributed by atoms with Crippen LogP contribution in [0.15, 0.2) is 57.8 Å². The zero-order valence-corrected chi connectivity index (χ0v) is 20.4. The Morgan fingerprint density at radius 2 is 1.82 bits per heavy atom. The average molecular weight is 483 g/mol. The maximum absolute atomic E-state index is 13.2. The van der Waals surface area contributed by atoms with Crippen molar-refractivity contribution in [2.24, 2.45) is 10.3 Å². The standard InChI is InChI=1S/C25H30N4O4S/c1-3-28-17-19(33-22-10-6-5-9-21(22)28)16-27(2)25(30)18-12-14-29(15-13-18)24-20-8-4-7-11-23(20)34(31,32)26-24/h4-11,18-19H,3,12-17H2,1-2H3/t19-/m1/s1. The highest BCUT2D eigenvalue weighted by atomic mass is 32.2. The average Bonchev–Trinajstić information content (AvgIpc) is 3.14. The summed E-state index contributed by atoms with van der Waals surface area (Å²) >= 11 is 0. The molecule has 8 nitrogen and oxygen atoms in total. The molecule has 0 N–H and O–H groups in total. The largest absolute Gasteiger partial charge is 0.485 e. The molecule has 9 heteroatoms. The summed E-state index contributed by atoms with van der Waals surface area (Å²) in [6, 6.07) is 15.0. The number of fused-ring (bicyclic) bond motifs is 2. The second-order valence-corrected chi connectivity index (χ2v) is 10.7. The van der Waals surface area contributed by atoms with Crippen LogP contribution in [-0.4, -0.2) is 75.8 Å². The van der Waals surface area contributed by atoms with Crippen molar-refractivity contribution in [3.63, 3.8) is 0 Å². The van der Waals surface area contributed by atoms with Crippen molar-refractivity contribution in [2.75, 3.05) is 44.7 Å². The van der Waals surface area contributed by atoms with E-state index in [9.17, 15) is 13.2 Å². The molecule has 0 aromatic heterocycles. The van der Waals surface area contributed by atoms with Crippen molar-refractivity contribution in [3.8, 4) is 5.75 Å². The minimum absolute atomic E-state index is 0.0848. The lowest BCUT2D eigenvalue weighted by molar-refractivity contribution is -0.136. The van der Waals surface area contributed by atoms with Gasteiger partial charge in [0.1, 0.15) is 16.7 Å². The molecule has 0 aliphatic carbocycles. The number of para-hydroxylation sites is 2. The summed E-state index contributed by atoms with van der Waals surface area (Å²) in [7, 11) is -1.79. The van der Waals surface area contributed by atoms with E-state index in [1.807, 2.05) is 36.2 Å². The number of carbonyl (C=O) groups excluding carboxylic acids is 1. The Bertz CT molecular complexity index is 1220. The van der Waals surface area contributed by atoms with Gasteiger partial charge in [-0.15, -0.1) is 4.40 Å². The van der Waals surface area contributed by atoms with Crippen LogP contribution in [-0.2, 0) is 14.8 Å². The van der Waals surface area contributed by atoms with Gasteiger partial charge < -0.3 is 19.4 Å². The van der Waals surface area contributed by atoms with Crippen molar-refractivity contribution in [1.29, 1.82) is 0 Å². The molecule has 0 spiro atoms. The molecule has 2 aromatic rings. The number of likely N-dealkylation sites (N-methyl/N-ethyl adjacent to an activating group) is 2. The predicted octanol–water partition coefficient (Wildman–Crippen LogP) is 2.59. The van der Waals surface area contributed by atoms with Crippen molar-refractivity contribution < 1.29 is 17.9 Å². The van der Waals surface area contributed by atoms with Gasteiger partial charge in [0.05, 0.1) is 18.8 Å². The summed E-state index contributed by atoms with van der Waals surface area (Å²) < 4.78 is 35.0. The number of ether oxygens (including phenoxy) is 1. The van der Waals surface area contributed by atoms with Crippen molar-refractivity contribution in [1.82, 2.24) is 9.80 Å². The van der Waals surface area contributed by atoms with Gasteiger partial charge in [-0.2, -0.15) is 8.42 Å². The molecule has 180 valence electrons. The lowest BCUT2D eigenvalue weighted by Crippen LogP contribution is -2.49. The van der Waals surface area contributed by atoms with Crippen LogP contribution in [0.25, 0.3) is 0 Å². The molecule has 2 aromatic carbocycles. The molecule has 3 heterocycles. The molecule has 0 saturated carbocycles. The van der Waals surface area contributed by atoms with Gasteiger partial charge in [-0.25, -0.2) is 0 Å². The molecule has 3 aliphatic heterocycles. The number of likely N-dealkylation sites (tertiary alicyclic amines) is 1. The molecule has 34 heavy (non-hydrogen) atoms. The van der Waals surface area contributed by atoms with Crippen LogP contribution in [0.1, 0.15) is 25.3 Å². The Balaban J connectivity index is 1.20. The molecule has 1 amide bonds. The quantitative estimate of drug-likeness (QED) is 0.666. The first-order chi connectivity index (χ1) is 16.4. The van der Waals surface area contributed by atoms with E-state index in [0.717, 1.165) is 24.5 Å². The fourth-order valence-electron chi connectivity index (χ4n) is 5.14. The fourth-order valence-corrected chi connectivity index (χ4v) is 6.36. The minimum atomic E-state index is -3.64. The Kier molecular flexibility index (Phi) is 5.97. The Morgan fingerprint density at radius 3 is 2.59 bits per heavy atom. The summed E-state index contributed by atoms with van der Waals surface area (Å²) in [5.41, 5.74) is 1.75. The van der Waals surface area contributed by atoms with E-state index in [2.05, 4.69) is 22.3 Å². The fraction of sp³-hybridized carbons (Fsp3) is 0.440. The summed E-state index contributed by atoms with van der Waals surface area (Å²) in [5.74, 6) is 1.39. The van der Waals surface area contributed by atoms with Gasteiger partial charge in [-0.1, -0.05) is 24.3 Å². The van der Waals surface area contributed by atoms with Gasteiger partial charge in [0, 0.05) is 38.2 Å². The minimum Gasteiger partial charge on any atom is -0.485 e. The SMILES string of the molecule is CCN1C[C@@H](CN(C)C(=O)C2CCN(C3=NS(=O)(=O)c4ccccc43)CC2)Oc2ccccc21. The molecule has 5 rings (SSSR count). The third-order valence-electron chi connectivity index (χ3n) is 6.92. The van der Waals surface area contributed by atoms with E-state index in [1.54, 1.807) is 23.1 Å². The van der Waals surface area contributed by atoms with E-state index < -0.39 is 10.0 Å². The molecule has 1 fully saturated rings. The van der Waals surface area contributed by atoms with Crippen LogP contribution in [0.5, 0.6) is 5.75 Å². The molecular weight excluding hydrogens is 452 g/mol. The van der Waals surface area contributed by atoms with Crippen LogP contribution in [0.2, 0.25) is 0 Å². The lowest BCUT2D eigenvalue weighted by atomic mass is 9.94. The molecule has 1 atom stereocenters. The number of rotatable bonds is 4. The number of sulfonamides is 1. The first kappa shape index (κ1) is 22.7. The number of anilines is 1. The van der Waals surface area contributed by atoms with Crippen LogP contribution in [0.4, 0.5) is 5.69 Å². The highest BCUT2D eigenvalue weighted by Crippen LogP contribution is 2.33. The second-order valence-electron chi connectivity index (χ2n) is 9.11. The van der Waals surface area contributed by atoms with Gasteiger partial charge >= 0.3 is 0 Å². The third-order valence-corrected chi connectivity index (χ3v) is 8.24. The van der Waals surface area contributed by atoms with E-state index >= 15 is 0 Å². The second kappa shape index (κ2) is 8.94. The van der Waals surface area contributed by atoms with Crippen molar-refractivity contribution in [3.05, 3.63) is 54.1 Å². The van der Waals surface area contributed by atoms with Crippen LogP contribution in [0, 0.1) is 5.92 Å². The van der Waals surface area contributed by atoms with E-state index in [1.165, 1.54) is 0 Å². The number of hydrogen-bond acceptors (Lipinski definition) is 6. The Morgan fingerprint density at radius 1 is 1.12 bits per heavy atom. The van der Waals surface area contributed by atoms with Crippen LogP contribution < -0.4 is 9.64 Å². The molecule has 0 radical (unpaired) electrons. The van der Waals surface area contributed by atoms with Gasteiger partial charge in [-0.3, -0.25) is 4.79 Å². The third kappa shape index (κ3) is 4.13. The normalized spacial score (nSPS) is 21.4. The summed E-state index contributed by atoms with van der Waals surface area (Å²) in [5, 5.41) is 0. The monoisotopic (exact) mass is 482 g/mol. The number of benzene rings is 2. The van der Waals surface area contributed by atoms with Crippen molar-refractivity contribution >= 4 is 27.5 Å². The van der Waals surface area contributed by atoms with E-state index in [0.29, 0.717) is 43.9 Å². The lowest BCUT2D eigenvalue weighted by Gasteiger charge is -2.38.